The molecular formula is C15H12BrN3O2. The van der Waals surface area contributed by atoms with Crippen molar-refractivity contribution in [1.29, 1.82) is 0 Å². The number of hydrogen-bond acceptors (Lipinski definition) is 4. The van der Waals surface area contributed by atoms with E-state index in [4.69, 9.17) is 4.74 Å². The molecule has 2 heterocycles. The van der Waals surface area contributed by atoms with Crippen molar-refractivity contribution in [1.82, 2.24) is 14.5 Å². The third-order valence-corrected chi connectivity index (χ3v) is 3.62. The van der Waals surface area contributed by atoms with Gasteiger partial charge in [-0.2, -0.15) is 0 Å². The number of rotatable bonds is 4. The molecule has 6 heteroatoms. The number of carbonyl (C=O) groups excluding carboxylic acids is 1. The Morgan fingerprint density at radius 1 is 1.33 bits per heavy atom. The average molecular weight is 346 g/mol. The fourth-order valence-electron chi connectivity index (χ4n) is 2.08. The van der Waals surface area contributed by atoms with E-state index in [1.165, 1.54) is 6.33 Å². The number of Topliss-reactive ketones (excluding diaryl/α,β-unsaturated/α-hetero) is 1. The zero-order valence-corrected chi connectivity index (χ0v) is 12.9. The first-order valence-corrected chi connectivity index (χ1v) is 7.12. The van der Waals surface area contributed by atoms with Crippen LogP contribution in [-0.4, -0.2) is 26.9 Å². The van der Waals surface area contributed by atoms with Gasteiger partial charge in [-0.25, -0.2) is 9.97 Å². The van der Waals surface area contributed by atoms with Crippen LogP contribution in [0.25, 0.3) is 10.9 Å². The predicted octanol–water partition coefficient (Wildman–Crippen LogP) is 2.99. The minimum Gasteiger partial charge on any atom is -0.469 e. The van der Waals surface area contributed by atoms with Gasteiger partial charge in [0.05, 0.1) is 16.6 Å². The third kappa shape index (κ3) is 2.80. The molecule has 0 aliphatic carbocycles. The Morgan fingerprint density at radius 3 is 2.95 bits per heavy atom. The zero-order valence-electron chi connectivity index (χ0n) is 11.3. The molecule has 0 fully saturated rings. The quantitative estimate of drug-likeness (QED) is 0.682. The van der Waals surface area contributed by atoms with E-state index in [1.807, 2.05) is 37.5 Å². The third-order valence-electron chi connectivity index (χ3n) is 3.13. The molecule has 106 valence electrons. The van der Waals surface area contributed by atoms with E-state index in [1.54, 1.807) is 10.6 Å². The van der Waals surface area contributed by atoms with E-state index >= 15 is 0 Å². The lowest BCUT2D eigenvalue weighted by Crippen LogP contribution is -2.15. The van der Waals surface area contributed by atoms with Crippen molar-refractivity contribution in [3.8, 4) is 5.88 Å². The van der Waals surface area contributed by atoms with Crippen molar-refractivity contribution in [2.75, 3.05) is 6.61 Å². The average Bonchev–Trinajstić information content (AvgIpc) is 2.91. The topological polar surface area (TPSA) is 57.0 Å². The molecule has 0 aliphatic rings. The summed E-state index contributed by atoms with van der Waals surface area (Å²) in [6, 6.07) is 9.23. The number of aromatic nitrogens is 3. The monoisotopic (exact) mass is 345 g/mol. The summed E-state index contributed by atoms with van der Waals surface area (Å²) in [6.45, 7) is -0.0590. The number of ketones is 1. The Labute approximate surface area is 129 Å². The molecule has 3 rings (SSSR count). The summed E-state index contributed by atoms with van der Waals surface area (Å²) >= 11 is 3.41. The number of hydrogen-bond donors (Lipinski definition) is 0. The fourth-order valence-corrected chi connectivity index (χ4v) is 2.44. The standard InChI is InChI=1S/C15H12BrN3O2/c1-19-6-2-3-13(19)14(20)8-21-15-11-7-10(16)4-5-12(11)17-9-18-15/h2-7,9H,8H2,1H3. The van der Waals surface area contributed by atoms with Crippen LogP contribution in [-0.2, 0) is 7.05 Å². The maximum absolute atomic E-state index is 12.1. The number of ether oxygens (including phenoxy) is 1. The molecule has 0 aliphatic heterocycles. The number of fused-ring (bicyclic) bond motifs is 1. The van der Waals surface area contributed by atoms with E-state index in [0.29, 0.717) is 11.6 Å². The van der Waals surface area contributed by atoms with E-state index in [-0.39, 0.29) is 12.4 Å². The van der Waals surface area contributed by atoms with Crippen molar-refractivity contribution < 1.29 is 9.53 Å². The lowest BCUT2D eigenvalue weighted by Gasteiger charge is -2.08. The van der Waals surface area contributed by atoms with Crippen LogP contribution in [0.4, 0.5) is 0 Å². The Kier molecular flexibility index (Phi) is 3.70. The van der Waals surface area contributed by atoms with Crippen LogP contribution in [0.3, 0.4) is 0 Å². The molecule has 0 saturated carbocycles. The Balaban J connectivity index is 1.84. The smallest absolute Gasteiger partial charge is 0.224 e. The summed E-state index contributed by atoms with van der Waals surface area (Å²) < 4.78 is 8.25. The second kappa shape index (κ2) is 5.65. The fraction of sp³-hybridized carbons (Fsp3) is 0.133. The molecule has 21 heavy (non-hydrogen) atoms. The molecule has 0 bridgehead atoms. The number of benzene rings is 1. The highest BCUT2D eigenvalue weighted by molar-refractivity contribution is 9.10. The first-order valence-electron chi connectivity index (χ1n) is 6.33. The van der Waals surface area contributed by atoms with Crippen LogP contribution in [0.2, 0.25) is 0 Å². The highest BCUT2D eigenvalue weighted by Crippen LogP contribution is 2.24. The van der Waals surface area contributed by atoms with E-state index in [0.717, 1.165) is 15.4 Å². The maximum atomic E-state index is 12.1. The van der Waals surface area contributed by atoms with E-state index in [9.17, 15) is 4.79 Å². The molecule has 5 nitrogen and oxygen atoms in total. The van der Waals surface area contributed by atoms with Crippen LogP contribution >= 0.6 is 15.9 Å². The maximum Gasteiger partial charge on any atom is 0.224 e. The number of aryl methyl sites for hydroxylation is 1. The van der Waals surface area contributed by atoms with Crippen molar-refractivity contribution in [3.63, 3.8) is 0 Å². The molecule has 0 amide bonds. The minimum atomic E-state index is -0.0933. The van der Waals surface area contributed by atoms with Gasteiger partial charge in [0.2, 0.25) is 11.7 Å². The van der Waals surface area contributed by atoms with Crippen molar-refractivity contribution in [2.45, 2.75) is 0 Å². The number of halogens is 1. The summed E-state index contributed by atoms with van der Waals surface area (Å²) in [4.78, 5) is 20.4. The Hall–Kier alpha value is -2.21. The summed E-state index contributed by atoms with van der Waals surface area (Å²) in [5, 5.41) is 0.770. The summed E-state index contributed by atoms with van der Waals surface area (Å²) in [5.41, 5.74) is 1.38. The molecule has 1 aromatic carbocycles. The van der Waals surface area contributed by atoms with Gasteiger partial charge in [0.1, 0.15) is 6.33 Å². The van der Waals surface area contributed by atoms with Gasteiger partial charge in [0, 0.05) is 17.7 Å². The number of nitrogens with zero attached hydrogens (tertiary/aromatic N) is 3. The predicted molar refractivity (Wildman–Crippen MR) is 82.5 cm³/mol. The molecular weight excluding hydrogens is 334 g/mol. The van der Waals surface area contributed by atoms with Crippen LogP contribution in [0.1, 0.15) is 10.5 Å². The zero-order chi connectivity index (χ0) is 14.8. The van der Waals surface area contributed by atoms with E-state index in [2.05, 4.69) is 25.9 Å². The van der Waals surface area contributed by atoms with Gasteiger partial charge in [-0.1, -0.05) is 15.9 Å². The highest BCUT2D eigenvalue weighted by Gasteiger charge is 2.12. The van der Waals surface area contributed by atoms with E-state index < -0.39 is 0 Å². The van der Waals surface area contributed by atoms with Crippen LogP contribution in [0, 0.1) is 0 Å². The highest BCUT2D eigenvalue weighted by atomic mass is 79.9. The summed E-state index contributed by atoms with van der Waals surface area (Å²) in [5.74, 6) is 0.313. The van der Waals surface area contributed by atoms with Crippen molar-refractivity contribution in [2.24, 2.45) is 7.05 Å². The van der Waals surface area contributed by atoms with Gasteiger partial charge in [-0.3, -0.25) is 4.79 Å². The molecule has 2 aromatic heterocycles. The normalized spacial score (nSPS) is 10.8. The second-order valence-corrected chi connectivity index (χ2v) is 5.47. The van der Waals surface area contributed by atoms with Gasteiger partial charge in [-0.05, 0) is 30.3 Å². The van der Waals surface area contributed by atoms with Crippen LogP contribution in [0.15, 0.2) is 47.3 Å². The van der Waals surface area contributed by atoms with Crippen molar-refractivity contribution >= 4 is 32.6 Å². The lowest BCUT2D eigenvalue weighted by molar-refractivity contribution is 0.0911. The van der Waals surface area contributed by atoms with Crippen LogP contribution < -0.4 is 4.74 Å². The van der Waals surface area contributed by atoms with Gasteiger partial charge < -0.3 is 9.30 Å². The summed E-state index contributed by atoms with van der Waals surface area (Å²) in [6.07, 6.45) is 3.25. The molecule has 0 unspecified atom stereocenters. The molecule has 0 radical (unpaired) electrons. The number of carbonyl (C=O) groups is 1. The van der Waals surface area contributed by atoms with Gasteiger partial charge in [0.15, 0.2) is 6.61 Å². The molecule has 0 N–H and O–H groups in total. The first-order chi connectivity index (χ1) is 10.1. The summed E-state index contributed by atoms with van der Waals surface area (Å²) in [7, 11) is 1.82. The Bertz CT molecular complexity index is 814. The van der Waals surface area contributed by atoms with Gasteiger partial charge in [0.25, 0.3) is 0 Å². The minimum absolute atomic E-state index is 0.0590. The van der Waals surface area contributed by atoms with Gasteiger partial charge in [-0.15, -0.1) is 0 Å². The van der Waals surface area contributed by atoms with Crippen molar-refractivity contribution in [3.05, 3.63) is 53.0 Å². The van der Waals surface area contributed by atoms with Gasteiger partial charge >= 0.3 is 0 Å². The molecule has 0 saturated heterocycles. The van der Waals surface area contributed by atoms with Crippen LogP contribution in [0.5, 0.6) is 5.88 Å². The SMILES string of the molecule is Cn1cccc1C(=O)COc1ncnc2ccc(Br)cc12. The molecule has 0 atom stereocenters. The molecule has 3 aromatic rings. The first kappa shape index (κ1) is 13.8. The molecule has 0 spiro atoms. The largest absolute Gasteiger partial charge is 0.469 e. The second-order valence-electron chi connectivity index (χ2n) is 4.56. The Morgan fingerprint density at radius 2 is 2.19 bits per heavy atom. The lowest BCUT2D eigenvalue weighted by atomic mass is 10.2.